The van der Waals surface area contributed by atoms with Gasteiger partial charge in [0.2, 0.25) is 0 Å². The molecule has 0 saturated heterocycles. The third kappa shape index (κ3) is 2.01. The molecule has 7 nitrogen and oxygen atoms in total. The van der Waals surface area contributed by atoms with Crippen molar-refractivity contribution < 1.29 is 0 Å². The lowest BCUT2D eigenvalue weighted by molar-refractivity contribution is 0.598. The van der Waals surface area contributed by atoms with Gasteiger partial charge in [-0.25, -0.2) is 0 Å². The lowest BCUT2D eigenvalue weighted by Gasteiger charge is -2.03. The van der Waals surface area contributed by atoms with Gasteiger partial charge >= 0.3 is 0 Å². The van der Waals surface area contributed by atoms with E-state index in [1.165, 1.54) is 19.3 Å². The largest absolute Gasteiger partial charge is 0.329 e. The van der Waals surface area contributed by atoms with Crippen LogP contribution in [0.1, 0.15) is 25.1 Å². The normalized spacial score (nSPS) is 15.4. The molecule has 2 aromatic rings. The molecule has 2 aromatic heterocycles. The van der Waals surface area contributed by atoms with Crippen molar-refractivity contribution in [1.29, 1.82) is 0 Å². The third-order valence-electron chi connectivity index (χ3n) is 3.24. The topological polar surface area (TPSA) is 87.4 Å². The molecule has 0 unspecified atom stereocenters. The molecule has 2 N–H and O–H groups in total. The van der Waals surface area contributed by atoms with Crippen LogP contribution in [-0.4, -0.2) is 36.3 Å². The van der Waals surface area contributed by atoms with Gasteiger partial charge in [-0.1, -0.05) is 11.6 Å². The summed E-state index contributed by atoms with van der Waals surface area (Å²) >= 11 is 0. The summed E-state index contributed by atoms with van der Waals surface area (Å²) in [4.78, 5) is 0. The van der Waals surface area contributed by atoms with Crippen molar-refractivity contribution >= 4 is 0 Å². The van der Waals surface area contributed by atoms with Gasteiger partial charge in [0.25, 0.3) is 0 Å². The lowest BCUT2D eigenvalue weighted by atomic mass is 10.2. The first-order chi connectivity index (χ1) is 8.88. The van der Waals surface area contributed by atoms with Crippen LogP contribution in [0.4, 0.5) is 0 Å². The minimum atomic E-state index is 0.556. The summed E-state index contributed by atoms with van der Waals surface area (Å²) in [6, 6.07) is 0. The second-order valence-electron chi connectivity index (χ2n) is 4.56. The molecular weight excluding hydrogens is 230 g/mol. The van der Waals surface area contributed by atoms with Crippen LogP contribution < -0.4 is 5.73 Å². The van der Waals surface area contributed by atoms with E-state index in [1.54, 1.807) is 4.68 Å². The van der Waals surface area contributed by atoms with Crippen LogP contribution in [0, 0.1) is 0 Å². The van der Waals surface area contributed by atoms with Crippen LogP contribution in [0.15, 0.2) is 6.20 Å². The molecule has 0 spiro atoms. The fourth-order valence-electron chi connectivity index (χ4n) is 2.32. The zero-order chi connectivity index (χ0) is 12.4. The zero-order valence-electron chi connectivity index (χ0n) is 10.3. The van der Waals surface area contributed by atoms with Gasteiger partial charge in [0.15, 0.2) is 11.5 Å². The molecule has 0 bridgehead atoms. The van der Waals surface area contributed by atoms with Crippen molar-refractivity contribution in [3.63, 3.8) is 0 Å². The Morgan fingerprint density at radius 2 is 2.11 bits per heavy atom. The zero-order valence-corrected chi connectivity index (χ0v) is 10.3. The maximum absolute atomic E-state index is 5.50. The van der Waals surface area contributed by atoms with Crippen molar-refractivity contribution in [3.05, 3.63) is 12.0 Å². The summed E-state index contributed by atoms with van der Waals surface area (Å²) < 4.78 is 3.91. The maximum Gasteiger partial charge on any atom is 0.186 e. The highest BCUT2D eigenvalue weighted by atomic mass is 15.4. The summed E-state index contributed by atoms with van der Waals surface area (Å²) in [7, 11) is 0. The minimum Gasteiger partial charge on any atom is -0.329 e. The van der Waals surface area contributed by atoms with E-state index in [1.807, 2.05) is 6.20 Å². The lowest BCUT2D eigenvalue weighted by Crippen LogP contribution is -2.10. The summed E-state index contributed by atoms with van der Waals surface area (Å²) in [6.45, 7) is 2.20. The molecule has 1 aliphatic rings. The highest BCUT2D eigenvalue weighted by molar-refractivity contribution is 5.47. The Bertz CT molecular complexity index is 527. The molecular formula is C11H17N7. The SMILES string of the molecule is NCCn1cc(-c2nnc3n2CCCCC3)nn1. The second kappa shape index (κ2) is 4.85. The van der Waals surface area contributed by atoms with Gasteiger partial charge in [0.05, 0.1) is 12.7 Å². The Labute approximate surface area is 105 Å². The molecule has 1 aliphatic heterocycles. The minimum absolute atomic E-state index is 0.556. The maximum atomic E-state index is 5.50. The fourth-order valence-corrected chi connectivity index (χ4v) is 2.32. The summed E-state index contributed by atoms with van der Waals surface area (Å²) in [5, 5.41) is 16.7. The van der Waals surface area contributed by atoms with E-state index in [9.17, 15) is 0 Å². The summed E-state index contributed by atoms with van der Waals surface area (Å²) in [5.41, 5.74) is 6.28. The molecule has 7 heteroatoms. The average molecular weight is 247 g/mol. The fraction of sp³-hybridized carbons (Fsp3) is 0.636. The summed E-state index contributed by atoms with van der Waals surface area (Å²) in [5.74, 6) is 1.89. The van der Waals surface area contributed by atoms with Crippen molar-refractivity contribution in [1.82, 2.24) is 29.8 Å². The van der Waals surface area contributed by atoms with Gasteiger partial charge in [-0.3, -0.25) is 4.68 Å². The van der Waals surface area contributed by atoms with E-state index in [0.717, 1.165) is 30.3 Å². The highest BCUT2D eigenvalue weighted by Gasteiger charge is 2.17. The van der Waals surface area contributed by atoms with Crippen molar-refractivity contribution in [2.24, 2.45) is 5.73 Å². The van der Waals surface area contributed by atoms with Gasteiger partial charge in [0.1, 0.15) is 5.82 Å². The molecule has 0 amide bonds. The number of aryl methyl sites for hydroxylation is 1. The first-order valence-corrected chi connectivity index (χ1v) is 6.41. The van der Waals surface area contributed by atoms with Crippen LogP contribution in [0.5, 0.6) is 0 Å². The number of nitrogens with two attached hydrogens (primary N) is 1. The Kier molecular flexibility index (Phi) is 3.06. The van der Waals surface area contributed by atoms with E-state index in [0.29, 0.717) is 13.1 Å². The van der Waals surface area contributed by atoms with E-state index >= 15 is 0 Å². The van der Waals surface area contributed by atoms with Crippen LogP contribution in [0.3, 0.4) is 0 Å². The molecule has 0 aromatic carbocycles. The van der Waals surface area contributed by atoms with E-state index < -0.39 is 0 Å². The number of nitrogens with zero attached hydrogens (tertiary/aromatic N) is 6. The molecule has 0 fully saturated rings. The van der Waals surface area contributed by atoms with Crippen molar-refractivity contribution in [3.8, 4) is 11.5 Å². The monoisotopic (exact) mass is 247 g/mol. The van der Waals surface area contributed by atoms with E-state index in [2.05, 4.69) is 25.1 Å². The van der Waals surface area contributed by atoms with Gasteiger partial charge in [-0.15, -0.1) is 15.3 Å². The first-order valence-electron chi connectivity index (χ1n) is 6.41. The number of aromatic nitrogens is 6. The average Bonchev–Trinajstić information content (AvgIpc) is 2.91. The first kappa shape index (κ1) is 11.3. The molecule has 0 radical (unpaired) electrons. The highest BCUT2D eigenvalue weighted by Crippen LogP contribution is 2.20. The van der Waals surface area contributed by atoms with Gasteiger partial charge in [-0.05, 0) is 12.8 Å². The number of rotatable bonds is 3. The van der Waals surface area contributed by atoms with Crippen LogP contribution in [-0.2, 0) is 19.5 Å². The van der Waals surface area contributed by atoms with Gasteiger partial charge in [-0.2, -0.15) is 0 Å². The predicted octanol–water partition coefficient (Wildman–Crippen LogP) is 0.222. The number of hydrogen-bond donors (Lipinski definition) is 1. The Morgan fingerprint density at radius 1 is 1.17 bits per heavy atom. The van der Waals surface area contributed by atoms with Crippen LogP contribution >= 0.6 is 0 Å². The number of hydrogen-bond acceptors (Lipinski definition) is 5. The third-order valence-corrected chi connectivity index (χ3v) is 3.24. The molecule has 3 heterocycles. The molecule has 3 rings (SSSR count). The number of fused-ring (bicyclic) bond motifs is 1. The van der Waals surface area contributed by atoms with Gasteiger partial charge in [0, 0.05) is 19.5 Å². The van der Waals surface area contributed by atoms with Crippen LogP contribution in [0.25, 0.3) is 11.5 Å². The van der Waals surface area contributed by atoms with Crippen LogP contribution in [0.2, 0.25) is 0 Å². The Morgan fingerprint density at radius 3 is 3.00 bits per heavy atom. The van der Waals surface area contributed by atoms with E-state index in [4.69, 9.17) is 5.73 Å². The molecule has 18 heavy (non-hydrogen) atoms. The quantitative estimate of drug-likeness (QED) is 0.838. The molecule has 0 saturated carbocycles. The Hall–Kier alpha value is -1.76. The summed E-state index contributed by atoms with van der Waals surface area (Å²) in [6.07, 6.45) is 6.51. The molecule has 0 aliphatic carbocycles. The smallest absolute Gasteiger partial charge is 0.186 e. The predicted molar refractivity (Wildman–Crippen MR) is 65.6 cm³/mol. The standard InChI is InChI=1S/C11H17N7/c12-5-7-17-8-9(13-16-17)11-15-14-10-4-2-1-3-6-18(10)11/h8H,1-7,12H2. The molecule has 96 valence electrons. The van der Waals surface area contributed by atoms with Crippen molar-refractivity contribution in [2.75, 3.05) is 6.54 Å². The second-order valence-corrected chi connectivity index (χ2v) is 4.56. The van der Waals surface area contributed by atoms with Crippen molar-refractivity contribution in [2.45, 2.75) is 38.8 Å². The van der Waals surface area contributed by atoms with E-state index in [-0.39, 0.29) is 0 Å². The van der Waals surface area contributed by atoms with Gasteiger partial charge < -0.3 is 10.3 Å². The molecule has 0 atom stereocenters. The Balaban J connectivity index is 1.93.